The quantitative estimate of drug-likeness (QED) is 0.866. The third kappa shape index (κ3) is 3.60. The van der Waals surface area contributed by atoms with Crippen molar-refractivity contribution in [3.05, 3.63) is 60.2 Å². The molecule has 2 aliphatic heterocycles. The first-order valence-electron chi connectivity index (χ1n) is 9.66. The van der Waals surface area contributed by atoms with E-state index in [1.54, 1.807) is 7.11 Å². The van der Waals surface area contributed by atoms with Gasteiger partial charge < -0.3 is 15.0 Å². The highest BCUT2D eigenvalue weighted by atomic mass is 16.5. The van der Waals surface area contributed by atoms with Crippen LogP contribution in [0.15, 0.2) is 59.6 Å². The molecule has 1 N–H and O–H groups in total. The average molecular weight is 378 g/mol. The minimum Gasteiger partial charge on any atom is -0.495 e. The van der Waals surface area contributed by atoms with Crippen LogP contribution in [-0.2, 0) is 4.79 Å². The zero-order valence-corrected chi connectivity index (χ0v) is 16.4. The highest BCUT2D eigenvalue weighted by Crippen LogP contribution is 2.29. The van der Waals surface area contributed by atoms with Gasteiger partial charge in [0.15, 0.2) is 5.54 Å². The normalized spacial score (nSPS) is 22.7. The Kier molecular flexibility index (Phi) is 5.05. The van der Waals surface area contributed by atoms with Gasteiger partial charge in [0.05, 0.1) is 12.8 Å². The molecule has 1 saturated heterocycles. The molecule has 6 heteroatoms. The van der Waals surface area contributed by atoms with Gasteiger partial charge in [0, 0.05) is 38.3 Å². The van der Waals surface area contributed by atoms with Gasteiger partial charge in [0.2, 0.25) is 0 Å². The number of hydrogen-bond donors (Lipinski definition) is 1. The van der Waals surface area contributed by atoms with Crippen LogP contribution < -0.4 is 15.0 Å². The Bertz CT molecular complexity index is 875. The van der Waals surface area contributed by atoms with E-state index >= 15 is 0 Å². The maximum absolute atomic E-state index is 12.6. The lowest BCUT2D eigenvalue weighted by atomic mass is 10.0. The summed E-state index contributed by atoms with van der Waals surface area (Å²) in [5, 5.41) is 2.96. The molecule has 1 amide bonds. The van der Waals surface area contributed by atoms with Crippen LogP contribution in [-0.4, -0.2) is 62.0 Å². The number of rotatable bonds is 5. The van der Waals surface area contributed by atoms with Gasteiger partial charge in [-0.2, -0.15) is 0 Å². The molecular formula is C22H26N4O2. The number of aliphatic imine (C=N–C) groups is 1. The zero-order chi connectivity index (χ0) is 19.6. The number of amides is 1. The van der Waals surface area contributed by atoms with Crippen molar-refractivity contribution in [1.29, 1.82) is 0 Å². The summed E-state index contributed by atoms with van der Waals surface area (Å²) in [4.78, 5) is 22.1. The Morgan fingerprint density at radius 2 is 1.71 bits per heavy atom. The molecule has 1 atom stereocenters. The monoisotopic (exact) mass is 378 g/mol. The standard InChI is InChI=1S/C22H26N4O2/c1-22(21(27)23-20(24-22)17-8-4-3-5-9-17)16-25-12-14-26(15-13-25)18-10-6-7-11-19(18)28-2/h3-11H,12-16H2,1-2H3,(H,23,24,27). The van der Waals surface area contributed by atoms with Gasteiger partial charge in [-0.3, -0.25) is 9.69 Å². The third-order valence-corrected chi connectivity index (χ3v) is 5.46. The molecule has 0 aromatic heterocycles. The molecule has 4 rings (SSSR count). The molecule has 2 aromatic rings. The van der Waals surface area contributed by atoms with Gasteiger partial charge in [-0.05, 0) is 19.1 Å². The number of carbonyl (C=O) groups excluding carboxylic acids is 1. The van der Waals surface area contributed by atoms with Crippen molar-refractivity contribution in [2.45, 2.75) is 12.5 Å². The Balaban J connectivity index is 1.42. The fourth-order valence-electron chi connectivity index (χ4n) is 3.88. The van der Waals surface area contributed by atoms with E-state index in [0.29, 0.717) is 12.4 Å². The molecular weight excluding hydrogens is 352 g/mol. The maximum atomic E-state index is 12.6. The van der Waals surface area contributed by atoms with Crippen molar-refractivity contribution >= 4 is 17.4 Å². The Morgan fingerprint density at radius 3 is 2.43 bits per heavy atom. The second kappa shape index (κ2) is 7.64. The van der Waals surface area contributed by atoms with E-state index in [-0.39, 0.29) is 5.91 Å². The number of anilines is 1. The predicted octanol–water partition coefficient (Wildman–Crippen LogP) is 2.15. The van der Waals surface area contributed by atoms with E-state index in [0.717, 1.165) is 43.2 Å². The molecule has 6 nitrogen and oxygen atoms in total. The molecule has 0 spiro atoms. The lowest BCUT2D eigenvalue weighted by molar-refractivity contribution is -0.123. The highest BCUT2D eigenvalue weighted by Gasteiger charge is 2.41. The van der Waals surface area contributed by atoms with Gasteiger partial charge in [0.1, 0.15) is 11.6 Å². The second-order valence-electron chi connectivity index (χ2n) is 7.49. The summed E-state index contributed by atoms with van der Waals surface area (Å²) < 4.78 is 5.49. The van der Waals surface area contributed by atoms with Crippen LogP contribution in [0.4, 0.5) is 5.69 Å². The number of methoxy groups -OCH3 is 1. The zero-order valence-electron chi connectivity index (χ0n) is 16.4. The lowest BCUT2D eigenvalue weighted by Crippen LogP contribution is -2.53. The van der Waals surface area contributed by atoms with Gasteiger partial charge in [-0.1, -0.05) is 42.5 Å². The van der Waals surface area contributed by atoms with E-state index in [9.17, 15) is 4.79 Å². The molecule has 2 heterocycles. The number of piperazine rings is 1. The van der Waals surface area contributed by atoms with E-state index in [1.165, 1.54) is 0 Å². The van der Waals surface area contributed by atoms with E-state index in [2.05, 4.69) is 21.2 Å². The number of hydrogen-bond acceptors (Lipinski definition) is 5. The van der Waals surface area contributed by atoms with Gasteiger partial charge in [0.25, 0.3) is 5.91 Å². The first kappa shape index (κ1) is 18.5. The maximum Gasteiger partial charge on any atom is 0.254 e. The van der Waals surface area contributed by atoms with Crippen LogP contribution >= 0.6 is 0 Å². The third-order valence-electron chi connectivity index (χ3n) is 5.46. The van der Waals surface area contributed by atoms with Crippen LogP contribution in [0.25, 0.3) is 0 Å². The predicted molar refractivity (Wildman–Crippen MR) is 111 cm³/mol. The minimum absolute atomic E-state index is 0.0292. The van der Waals surface area contributed by atoms with Crippen molar-refractivity contribution in [1.82, 2.24) is 10.2 Å². The van der Waals surface area contributed by atoms with E-state index < -0.39 is 5.54 Å². The van der Waals surface area contributed by atoms with Gasteiger partial charge >= 0.3 is 0 Å². The highest BCUT2D eigenvalue weighted by molar-refractivity contribution is 6.15. The molecule has 0 aliphatic carbocycles. The minimum atomic E-state index is -0.752. The lowest BCUT2D eigenvalue weighted by Gasteiger charge is -2.38. The SMILES string of the molecule is COc1ccccc1N1CCN(CC2(C)N=C(c3ccccc3)NC2=O)CC1. The Hall–Kier alpha value is -2.86. The van der Waals surface area contributed by atoms with Crippen LogP contribution in [0.2, 0.25) is 0 Å². The first-order valence-corrected chi connectivity index (χ1v) is 9.66. The number of amidine groups is 1. The number of nitrogens with zero attached hydrogens (tertiary/aromatic N) is 3. The number of benzene rings is 2. The van der Waals surface area contributed by atoms with Crippen LogP contribution in [0.3, 0.4) is 0 Å². The second-order valence-corrected chi connectivity index (χ2v) is 7.49. The number of nitrogens with one attached hydrogen (secondary N) is 1. The number of para-hydroxylation sites is 2. The van der Waals surface area contributed by atoms with Crippen molar-refractivity contribution in [2.75, 3.05) is 44.7 Å². The summed E-state index contributed by atoms with van der Waals surface area (Å²) >= 11 is 0. The van der Waals surface area contributed by atoms with Gasteiger partial charge in [-0.15, -0.1) is 0 Å². The topological polar surface area (TPSA) is 57.2 Å². The molecule has 0 saturated carbocycles. The fourth-order valence-corrected chi connectivity index (χ4v) is 3.88. The molecule has 1 unspecified atom stereocenters. The summed E-state index contributed by atoms with van der Waals surface area (Å²) in [6, 6.07) is 17.9. The number of carbonyl (C=O) groups is 1. The molecule has 2 aromatic carbocycles. The van der Waals surface area contributed by atoms with Crippen molar-refractivity contribution < 1.29 is 9.53 Å². The molecule has 28 heavy (non-hydrogen) atoms. The largest absolute Gasteiger partial charge is 0.495 e. The smallest absolute Gasteiger partial charge is 0.254 e. The summed E-state index contributed by atoms with van der Waals surface area (Å²) in [6.07, 6.45) is 0. The van der Waals surface area contributed by atoms with E-state index in [4.69, 9.17) is 9.73 Å². The van der Waals surface area contributed by atoms with Crippen molar-refractivity contribution in [3.8, 4) is 5.75 Å². The van der Waals surface area contributed by atoms with Gasteiger partial charge in [-0.25, -0.2) is 4.99 Å². The van der Waals surface area contributed by atoms with E-state index in [1.807, 2.05) is 55.5 Å². The summed E-state index contributed by atoms with van der Waals surface area (Å²) in [5.74, 6) is 1.54. The van der Waals surface area contributed by atoms with Crippen molar-refractivity contribution in [3.63, 3.8) is 0 Å². The average Bonchev–Trinajstić information content (AvgIpc) is 3.03. The van der Waals surface area contributed by atoms with Crippen molar-refractivity contribution in [2.24, 2.45) is 4.99 Å². The molecule has 2 aliphatic rings. The summed E-state index contributed by atoms with van der Waals surface area (Å²) in [6.45, 7) is 6.11. The molecule has 1 fully saturated rings. The summed E-state index contributed by atoms with van der Waals surface area (Å²) in [7, 11) is 1.71. The first-order chi connectivity index (χ1) is 13.6. The molecule has 0 bridgehead atoms. The molecule has 146 valence electrons. The Labute approximate surface area is 165 Å². The van der Waals surface area contributed by atoms with Crippen LogP contribution in [0, 0.1) is 0 Å². The molecule has 0 radical (unpaired) electrons. The summed E-state index contributed by atoms with van der Waals surface area (Å²) in [5.41, 5.74) is 1.32. The Morgan fingerprint density at radius 1 is 1.04 bits per heavy atom. The number of ether oxygens (including phenoxy) is 1. The van der Waals surface area contributed by atoms with Crippen LogP contribution in [0.1, 0.15) is 12.5 Å². The fraction of sp³-hybridized carbons (Fsp3) is 0.364. The van der Waals surface area contributed by atoms with Crippen LogP contribution in [0.5, 0.6) is 5.75 Å².